The van der Waals surface area contributed by atoms with Crippen LogP contribution in [0.1, 0.15) is 30.2 Å². The van der Waals surface area contributed by atoms with Crippen LogP contribution in [0.15, 0.2) is 24.3 Å². The second-order valence-corrected chi connectivity index (χ2v) is 9.10. The topological polar surface area (TPSA) is 87.6 Å². The summed E-state index contributed by atoms with van der Waals surface area (Å²) in [4.78, 5) is 25.2. The Balaban J connectivity index is 1.60. The fourth-order valence-electron chi connectivity index (χ4n) is 3.74. The largest absolute Gasteiger partial charge is 0.495 e. The lowest BCUT2D eigenvalue weighted by molar-refractivity contribution is -0.142. The molecular weight excluding hydrogens is 436 g/mol. The van der Waals surface area contributed by atoms with Crippen molar-refractivity contribution in [2.24, 2.45) is 5.92 Å². The molecule has 4 rings (SSSR count). The fraction of sp³-hybridized carbons (Fsp3) is 0.409. The molecular formula is C22H25ClN4O3S. The molecule has 164 valence electrons. The molecule has 0 spiro atoms. The summed E-state index contributed by atoms with van der Waals surface area (Å²) in [5.74, 6) is 1.07. The van der Waals surface area contributed by atoms with Crippen molar-refractivity contribution in [1.29, 1.82) is 0 Å². The number of methoxy groups -OCH3 is 1. The summed E-state index contributed by atoms with van der Waals surface area (Å²) in [7, 11) is 1.60. The second-order valence-electron chi connectivity index (χ2n) is 7.58. The quantitative estimate of drug-likeness (QED) is 0.522. The van der Waals surface area contributed by atoms with Crippen LogP contribution in [0.2, 0.25) is 5.02 Å². The normalized spacial score (nSPS) is 14.7. The van der Waals surface area contributed by atoms with Gasteiger partial charge in [0.1, 0.15) is 16.4 Å². The highest BCUT2D eigenvalue weighted by Crippen LogP contribution is 2.33. The predicted molar refractivity (Wildman–Crippen MR) is 125 cm³/mol. The number of hydrogen-bond acceptors (Lipinski definition) is 7. The summed E-state index contributed by atoms with van der Waals surface area (Å²) >= 11 is 7.94. The van der Waals surface area contributed by atoms with Gasteiger partial charge in [-0.05, 0) is 43.0 Å². The molecule has 3 heterocycles. The highest BCUT2D eigenvalue weighted by molar-refractivity contribution is 7.18. The first-order valence-electron chi connectivity index (χ1n) is 10.3. The van der Waals surface area contributed by atoms with Crippen LogP contribution < -0.4 is 15.0 Å². The number of nitrogens with one attached hydrogen (secondary N) is 1. The number of carboxylic acids is 1. The molecule has 0 radical (unpaired) electrons. The molecule has 0 saturated carbocycles. The highest BCUT2D eigenvalue weighted by Gasteiger charge is 2.26. The molecule has 0 atom stereocenters. The van der Waals surface area contributed by atoms with Gasteiger partial charge in [0.05, 0.1) is 23.4 Å². The molecule has 1 fully saturated rings. The zero-order chi connectivity index (χ0) is 22.0. The lowest BCUT2D eigenvalue weighted by Gasteiger charge is -2.30. The maximum atomic E-state index is 11.3. The van der Waals surface area contributed by atoms with Crippen molar-refractivity contribution < 1.29 is 14.6 Å². The maximum absolute atomic E-state index is 11.3. The van der Waals surface area contributed by atoms with E-state index in [9.17, 15) is 9.90 Å². The third-order valence-corrected chi connectivity index (χ3v) is 7.05. The summed E-state index contributed by atoms with van der Waals surface area (Å²) in [6, 6.07) is 7.85. The number of rotatable bonds is 7. The van der Waals surface area contributed by atoms with E-state index in [1.165, 1.54) is 4.88 Å². The van der Waals surface area contributed by atoms with Crippen LogP contribution in [0.3, 0.4) is 0 Å². The first-order chi connectivity index (χ1) is 15.0. The number of nitrogens with zero attached hydrogens (tertiary/aromatic N) is 3. The Morgan fingerprint density at radius 2 is 2.10 bits per heavy atom. The van der Waals surface area contributed by atoms with Crippen molar-refractivity contribution in [2.45, 2.75) is 32.7 Å². The summed E-state index contributed by atoms with van der Waals surface area (Å²) in [6.07, 6.45) is 2.15. The first kappa shape index (κ1) is 21.6. The molecule has 3 aromatic rings. The van der Waals surface area contributed by atoms with E-state index in [1.807, 2.05) is 18.2 Å². The van der Waals surface area contributed by atoms with Gasteiger partial charge in [0.15, 0.2) is 0 Å². The van der Waals surface area contributed by atoms with Crippen molar-refractivity contribution in [3.05, 3.63) is 39.7 Å². The lowest BCUT2D eigenvalue weighted by atomic mass is 9.97. The van der Waals surface area contributed by atoms with Crippen molar-refractivity contribution in [3.63, 3.8) is 0 Å². The third-order valence-electron chi connectivity index (χ3n) is 5.58. The van der Waals surface area contributed by atoms with Crippen LogP contribution in [0.4, 0.5) is 11.8 Å². The minimum atomic E-state index is -0.720. The van der Waals surface area contributed by atoms with E-state index in [-0.39, 0.29) is 5.92 Å². The molecule has 2 N–H and O–H groups in total. The molecule has 1 saturated heterocycles. The van der Waals surface area contributed by atoms with Crippen LogP contribution in [-0.2, 0) is 17.8 Å². The van der Waals surface area contributed by atoms with Crippen LogP contribution in [0.5, 0.6) is 5.75 Å². The van der Waals surface area contributed by atoms with Gasteiger partial charge in [-0.15, -0.1) is 11.3 Å². The number of anilines is 2. The number of piperidine rings is 1. The van der Waals surface area contributed by atoms with Crippen molar-refractivity contribution in [2.75, 3.05) is 30.4 Å². The van der Waals surface area contributed by atoms with Crippen molar-refractivity contribution >= 4 is 50.9 Å². The number of fused-ring (bicyclic) bond motifs is 1. The maximum Gasteiger partial charge on any atom is 0.306 e. The predicted octanol–water partition coefficient (Wildman–Crippen LogP) is 4.83. The molecule has 2 aromatic heterocycles. The van der Waals surface area contributed by atoms with Gasteiger partial charge in [-0.1, -0.05) is 24.6 Å². The van der Waals surface area contributed by atoms with Crippen molar-refractivity contribution in [3.8, 4) is 5.75 Å². The Kier molecular flexibility index (Phi) is 6.48. The minimum Gasteiger partial charge on any atom is -0.495 e. The van der Waals surface area contributed by atoms with E-state index in [2.05, 4.69) is 23.2 Å². The van der Waals surface area contributed by atoms with Gasteiger partial charge in [0, 0.05) is 24.5 Å². The van der Waals surface area contributed by atoms with E-state index in [0.29, 0.717) is 49.2 Å². The van der Waals surface area contributed by atoms with Gasteiger partial charge in [-0.3, -0.25) is 4.79 Å². The molecule has 1 aliphatic heterocycles. The Morgan fingerprint density at radius 1 is 1.32 bits per heavy atom. The number of thiophene rings is 1. The second kappa shape index (κ2) is 9.28. The average molecular weight is 461 g/mol. The van der Waals surface area contributed by atoms with Crippen molar-refractivity contribution in [1.82, 2.24) is 9.97 Å². The number of hydrogen-bond donors (Lipinski definition) is 2. The molecule has 0 bridgehead atoms. The Hall–Kier alpha value is -2.58. The van der Waals surface area contributed by atoms with Gasteiger partial charge in [0.25, 0.3) is 0 Å². The van der Waals surface area contributed by atoms with Crippen LogP contribution >= 0.6 is 22.9 Å². The number of aromatic nitrogens is 2. The number of halogens is 1. The summed E-state index contributed by atoms with van der Waals surface area (Å²) in [5.41, 5.74) is 1.02. The molecule has 1 aliphatic rings. The third kappa shape index (κ3) is 4.70. The standard InChI is InChI=1S/C22H25ClN4O3S/c1-3-15-11-16-19(24-12-13-4-5-18(30-2)17(23)10-13)25-22(26-20(16)31-15)27-8-6-14(7-9-27)21(28)29/h4-5,10-11,14H,3,6-9,12H2,1-2H3,(H,28,29)(H,24,25,26). The molecule has 0 aliphatic carbocycles. The zero-order valence-electron chi connectivity index (χ0n) is 17.5. The molecule has 0 unspecified atom stereocenters. The lowest BCUT2D eigenvalue weighted by Crippen LogP contribution is -2.37. The van der Waals surface area contributed by atoms with E-state index < -0.39 is 5.97 Å². The van der Waals surface area contributed by atoms with E-state index in [1.54, 1.807) is 18.4 Å². The summed E-state index contributed by atoms with van der Waals surface area (Å²) in [5, 5.41) is 14.3. The summed E-state index contributed by atoms with van der Waals surface area (Å²) < 4.78 is 5.23. The molecule has 0 amide bonds. The Bertz CT molecular complexity index is 1100. The van der Waals surface area contributed by atoms with Gasteiger partial charge < -0.3 is 20.1 Å². The Labute approximate surface area is 190 Å². The van der Waals surface area contributed by atoms with Gasteiger partial charge >= 0.3 is 5.97 Å². The first-order valence-corrected chi connectivity index (χ1v) is 11.5. The number of aryl methyl sites for hydroxylation is 1. The van der Waals surface area contributed by atoms with E-state index in [4.69, 9.17) is 26.3 Å². The highest BCUT2D eigenvalue weighted by atomic mass is 35.5. The fourth-order valence-corrected chi connectivity index (χ4v) is 4.99. The molecule has 1 aromatic carbocycles. The Morgan fingerprint density at radius 3 is 2.74 bits per heavy atom. The minimum absolute atomic E-state index is 0.286. The number of ether oxygens (including phenoxy) is 1. The SMILES string of the molecule is CCc1cc2c(NCc3ccc(OC)c(Cl)c3)nc(N3CCC(C(=O)O)CC3)nc2s1. The van der Waals surface area contributed by atoms with E-state index in [0.717, 1.165) is 28.0 Å². The summed E-state index contributed by atoms with van der Waals surface area (Å²) in [6.45, 7) is 3.97. The van der Waals surface area contributed by atoms with Crippen LogP contribution in [0, 0.1) is 5.92 Å². The molecule has 31 heavy (non-hydrogen) atoms. The van der Waals surface area contributed by atoms with Gasteiger partial charge in [-0.25, -0.2) is 4.98 Å². The smallest absolute Gasteiger partial charge is 0.306 e. The number of carboxylic acid groups (broad SMARTS) is 1. The average Bonchev–Trinajstić information content (AvgIpc) is 3.21. The zero-order valence-corrected chi connectivity index (χ0v) is 19.1. The molecule has 7 nitrogen and oxygen atoms in total. The van der Waals surface area contributed by atoms with Gasteiger partial charge in [0.2, 0.25) is 5.95 Å². The number of carbonyl (C=O) groups is 1. The van der Waals surface area contributed by atoms with Gasteiger partial charge in [-0.2, -0.15) is 4.98 Å². The number of aliphatic carboxylic acids is 1. The van der Waals surface area contributed by atoms with Crippen LogP contribution in [-0.4, -0.2) is 41.2 Å². The van der Waals surface area contributed by atoms with E-state index >= 15 is 0 Å². The monoisotopic (exact) mass is 460 g/mol. The van der Waals surface area contributed by atoms with Crippen LogP contribution in [0.25, 0.3) is 10.2 Å². The molecule has 9 heteroatoms. The number of benzene rings is 1.